The molecule has 2 rings (SSSR count). The first-order valence-corrected chi connectivity index (χ1v) is 5.72. The molecule has 1 heterocycles. The van der Waals surface area contributed by atoms with Gasteiger partial charge in [-0.1, -0.05) is 12.5 Å². The lowest BCUT2D eigenvalue weighted by molar-refractivity contribution is 0.0926. The molecule has 1 N–H and O–H groups in total. The van der Waals surface area contributed by atoms with E-state index in [0.717, 1.165) is 31.4 Å². The molecule has 1 unspecified atom stereocenters. The molecular weight excluding hydrogens is 205 g/mol. The van der Waals surface area contributed by atoms with Gasteiger partial charge in [-0.3, -0.25) is 4.79 Å². The number of carbonyl (C=O) groups excluding carboxylic acids is 1. The van der Waals surface area contributed by atoms with Gasteiger partial charge < -0.3 is 5.32 Å². The Morgan fingerprint density at radius 3 is 2.94 bits per heavy atom. The van der Waals surface area contributed by atoms with Crippen LogP contribution in [0.15, 0.2) is 18.2 Å². The molecule has 1 aromatic rings. The second-order valence-corrected chi connectivity index (χ2v) is 4.33. The fourth-order valence-electron chi connectivity index (χ4n) is 2.12. The van der Waals surface area contributed by atoms with Gasteiger partial charge in [0.2, 0.25) is 0 Å². The predicted molar refractivity (Wildman–Crippen MR) is 61.1 cm³/mol. The molecule has 1 fully saturated rings. The first-order valence-electron chi connectivity index (χ1n) is 5.72. The lowest BCUT2D eigenvalue weighted by Gasteiger charge is -2.22. The number of rotatable bonds is 2. The van der Waals surface area contributed by atoms with Crippen molar-refractivity contribution < 1.29 is 9.18 Å². The van der Waals surface area contributed by atoms with E-state index in [1.807, 2.05) is 6.92 Å². The first kappa shape index (κ1) is 11.3. The van der Waals surface area contributed by atoms with Crippen molar-refractivity contribution in [3.63, 3.8) is 0 Å². The monoisotopic (exact) mass is 221 g/mol. The summed E-state index contributed by atoms with van der Waals surface area (Å²) in [5, 5.41) is 3.19. The van der Waals surface area contributed by atoms with Gasteiger partial charge in [-0.2, -0.15) is 0 Å². The van der Waals surface area contributed by atoms with E-state index in [2.05, 4.69) is 5.32 Å². The van der Waals surface area contributed by atoms with Gasteiger partial charge >= 0.3 is 0 Å². The van der Waals surface area contributed by atoms with Crippen LogP contribution in [0.3, 0.4) is 0 Å². The number of carbonyl (C=O) groups is 1. The Kier molecular flexibility index (Phi) is 3.34. The average molecular weight is 221 g/mol. The second-order valence-electron chi connectivity index (χ2n) is 4.33. The molecule has 1 atom stereocenters. The number of benzene rings is 1. The minimum Gasteiger partial charge on any atom is -0.307 e. The number of aryl methyl sites for hydroxylation is 1. The Morgan fingerprint density at radius 1 is 1.44 bits per heavy atom. The maximum atomic E-state index is 13.1. The molecule has 1 aromatic carbocycles. The Labute approximate surface area is 94.9 Å². The zero-order valence-electron chi connectivity index (χ0n) is 9.42. The summed E-state index contributed by atoms with van der Waals surface area (Å²) in [7, 11) is 0. The van der Waals surface area contributed by atoms with Crippen LogP contribution in [0.25, 0.3) is 0 Å². The van der Waals surface area contributed by atoms with Crippen LogP contribution in [0.2, 0.25) is 0 Å². The van der Waals surface area contributed by atoms with E-state index in [1.54, 1.807) is 6.07 Å². The van der Waals surface area contributed by atoms with Crippen molar-refractivity contribution in [2.24, 2.45) is 0 Å². The van der Waals surface area contributed by atoms with E-state index in [4.69, 9.17) is 0 Å². The summed E-state index contributed by atoms with van der Waals surface area (Å²) in [5.74, 6) is -0.318. The lowest BCUT2D eigenvalue weighted by atomic mass is 9.94. The van der Waals surface area contributed by atoms with E-state index >= 15 is 0 Å². The van der Waals surface area contributed by atoms with Gasteiger partial charge in [0.15, 0.2) is 5.78 Å². The predicted octanol–water partition coefficient (Wildman–Crippen LogP) is 2.46. The molecule has 0 aromatic heterocycles. The van der Waals surface area contributed by atoms with Crippen LogP contribution in [-0.4, -0.2) is 18.4 Å². The molecule has 0 aliphatic carbocycles. The molecule has 16 heavy (non-hydrogen) atoms. The molecule has 2 nitrogen and oxygen atoms in total. The molecule has 3 heteroatoms. The van der Waals surface area contributed by atoms with Crippen LogP contribution in [0.4, 0.5) is 4.39 Å². The molecule has 0 radical (unpaired) electrons. The van der Waals surface area contributed by atoms with Crippen LogP contribution < -0.4 is 5.32 Å². The number of hydrogen-bond acceptors (Lipinski definition) is 2. The van der Waals surface area contributed by atoms with Crippen molar-refractivity contribution in [1.82, 2.24) is 5.32 Å². The summed E-state index contributed by atoms with van der Waals surface area (Å²) >= 11 is 0. The third-order valence-electron chi connectivity index (χ3n) is 3.09. The topological polar surface area (TPSA) is 29.1 Å². The van der Waals surface area contributed by atoms with E-state index in [-0.39, 0.29) is 17.6 Å². The van der Waals surface area contributed by atoms with Gasteiger partial charge in [-0.15, -0.1) is 0 Å². The van der Waals surface area contributed by atoms with Crippen molar-refractivity contribution in [2.45, 2.75) is 32.2 Å². The molecule has 0 spiro atoms. The molecular formula is C13H16FNO. The fourth-order valence-corrected chi connectivity index (χ4v) is 2.12. The minimum atomic E-state index is -0.343. The number of halogens is 1. The Balaban J connectivity index is 2.22. The van der Waals surface area contributed by atoms with Gasteiger partial charge in [0.05, 0.1) is 6.04 Å². The summed E-state index contributed by atoms with van der Waals surface area (Å²) in [6.45, 7) is 2.72. The number of piperidine rings is 1. The van der Waals surface area contributed by atoms with Crippen molar-refractivity contribution in [2.75, 3.05) is 6.54 Å². The van der Waals surface area contributed by atoms with E-state index < -0.39 is 0 Å². The lowest BCUT2D eigenvalue weighted by Crippen LogP contribution is -2.40. The van der Waals surface area contributed by atoms with Crippen LogP contribution in [0, 0.1) is 12.7 Å². The quantitative estimate of drug-likeness (QED) is 0.777. The van der Waals surface area contributed by atoms with Gasteiger partial charge in [-0.05, 0) is 44.0 Å². The summed E-state index contributed by atoms with van der Waals surface area (Å²) in [6.07, 6.45) is 3.04. The Morgan fingerprint density at radius 2 is 2.25 bits per heavy atom. The first-order chi connectivity index (χ1) is 7.68. The third-order valence-corrected chi connectivity index (χ3v) is 3.09. The third kappa shape index (κ3) is 2.30. The zero-order valence-corrected chi connectivity index (χ0v) is 9.42. The highest BCUT2D eigenvalue weighted by molar-refractivity contribution is 6.01. The van der Waals surface area contributed by atoms with E-state index in [1.165, 1.54) is 12.1 Å². The van der Waals surface area contributed by atoms with Crippen LogP contribution in [-0.2, 0) is 0 Å². The maximum absolute atomic E-state index is 13.1. The minimum absolute atomic E-state index is 0.0247. The van der Waals surface area contributed by atoms with Gasteiger partial charge in [0.25, 0.3) is 0 Å². The number of Topliss-reactive ketones (excluding diaryl/α,β-unsaturated/α-hetero) is 1. The fraction of sp³-hybridized carbons (Fsp3) is 0.462. The number of nitrogens with one attached hydrogen (secondary N) is 1. The van der Waals surface area contributed by atoms with Crippen molar-refractivity contribution in [3.05, 3.63) is 35.1 Å². The van der Waals surface area contributed by atoms with Crippen LogP contribution in [0.1, 0.15) is 35.2 Å². The SMILES string of the molecule is Cc1ccc(F)cc1C(=O)C1CCCCN1. The molecule has 1 aliphatic rings. The maximum Gasteiger partial charge on any atom is 0.180 e. The summed E-state index contributed by atoms with van der Waals surface area (Å²) in [5.41, 5.74) is 1.36. The van der Waals surface area contributed by atoms with Crippen molar-refractivity contribution >= 4 is 5.78 Å². The van der Waals surface area contributed by atoms with Gasteiger partial charge in [-0.25, -0.2) is 4.39 Å². The van der Waals surface area contributed by atoms with Crippen molar-refractivity contribution in [3.8, 4) is 0 Å². The average Bonchev–Trinajstić information content (AvgIpc) is 2.32. The number of hydrogen-bond donors (Lipinski definition) is 1. The standard InChI is InChI=1S/C13H16FNO/c1-9-5-6-10(14)8-11(9)13(16)12-4-2-3-7-15-12/h5-6,8,12,15H,2-4,7H2,1H3. The summed E-state index contributed by atoms with van der Waals surface area (Å²) < 4.78 is 13.1. The molecule has 0 bridgehead atoms. The van der Waals surface area contributed by atoms with Crippen molar-refractivity contribution in [1.29, 1.82) is 0 Å². The zero-order chi connectivity index (χ0) is 11.5. The largest absolute Gasteiger partial charge is 0.307 e. The summed E-state index contributed by atoms with van der Waals surface area (Å²) in [6, 6.07) is 4.26. The smallest absolute Gasteiger partial charge is 0.180 e. The highest BCUT2D eigenvalue weighted by Gasteiger charge is 2.23. The molecule has 1 aliphatic heterocycles. The molecule has 1 saturated heterocycles. The Hall–Kier alpha value is -1.22. The highest BCUT2D eigenvalue weighted by Crippen LogP contribution is 2.17. The van der Waals surface area contributed by atoms with E-state index in [9.17, 15) is 9.18 Å². The second kappa shape index (κ2) is 4.74. The highest BCUT2D eigenvalue weighted by atomic mass is 19.1. The van der Waals surface area contributed by atoms with Gasteiger partial charge in [0.1, 0.15) is 5.82 Å². The number of ketones is 1. The molecule has 0 saturated carbocycles. The molecule has 86 valence electrons. The van der Waals surface area contributed by atoms with Gasteiger partial charge in [0, 0.05) is 5.56 Å². The van der Waals surface area contributed by atoms with Crippen LogP contribution in [0.5, 0.6) is 0 Å². The molecule has 0 amide bonds. The Bertz CT molecular complexity index is 397. The van der Waals surface area contributed by atoms with E-state index in [0.29, 0.717) is 5.56 Å². The van der Waals surface area contributed by atoms with Crippen LogP contribution >= 0.6 is 0 Å². The summed E-state index contributed by atoms with van der Waals surface area (Å²) in [4.78, 5) is 12.1. The normalized spacial score (nSPS) is 20.8.